The molecule has 3 rings (SSSR count). The smallest absolute Gasteiger partial charge is 0.234 e. The highest BCUT2D eigenvalue weighted by Gasteiger charge is 2.18. The lowest BCUT2D eigenvalue weighted by atomic mass is 10.2. The van der Waals surface area contributed by atoms with E-state index < -0.39 is 0 Å². The summed E-state index contributed by atoms with van der Waals surface area (Å²) in [6, 6.07) is 10.8. The van der Waals surface area contributed by atoms with Crippen molar-refractivity contribution in [3.05, 3.63) is 54.1 Å². The molecule has 8 nitrogen and oxygen atoms in total. The van der Waals surface area contributed by atoms with E-state index in [1.165, 1.54) is 26.0 Å². The Hall–Kier alpha value is -3.17. The molecule has 168 valence electrons. The van der Waals surface area contributed by atoms with Crippen LogP contribution >= 0.6 is 23.4 Å². The fourth-order valence-corrected chi connectivity index (χ4v) is 3.97. The van der Waals surface area contributed by atoms with Crippen molar-refractivity contribution in [3.8, 4) is 28.6 Å². The molecule has 0 saturated heterocycles. The van der Waals surface area contributed by atoms with Crippen LogP contribution in [0.4, 0.5) is 5.69 Å². The van der Waals surface area contributed by atoms with Crippen LogP contribution in [-0.2, 0) is 11.3 Å². The van der Waals surface area contributed by atoms with E-state index in [1.54, 1.807) is 25.3 Å². The van der Waals surface area contributed by atoms with Gasteiger partial charge in [0, 0.05) is 18.7 Å². The Morgan fingerprint density at radius 3 is 2.53 bits per heavy atom. The molecule has 0 aliphatic rings. The van der Waals surface area contributed by atoms with E-state index in [0.717, 1.165) is 5.56 Å². The number of anilines is 1. The number of nitrogens with zero attached hydrogens (tertiary/aromatic N) is 3. The molecule has 1 heterocycles. The zero-order chi connectivity index (χ0) is 23.1. The molecule has 0 radical (unpaired) electrons. The number of para-hydroxylation sites is 1. The number of methoxy groups -OCH3 is 3. The van der Waals surface area contributed by atoms with Crippen molar-refractivity contribution in [3.63, 3.8) is 0 Å². The molecule has 0 atom stereocenters. The van der Waals surface area contributed by atoms with Gasteiger partial charge in [0.2, 0.25) is 5.91 Å². The van der Waals surface area contributed by atoms with Gasteiger partial charge in [-0.15, -0.1) is 16.8 Å². The molecule has 0 unspecified atom stereocenters. The maximum atomic E-state index is 12.6. The van der Waals surface area contributed by atoms with Crippen molar-refractivity contribution in [1.29, 1.82) is 0 Å². The van der Waals surface area contributed by atoms with Crippen molar-refractivity contribution in [2.24, 2.45) is 0 Å². The first-order chi connectivity index (χ1) is 15.5. The third kappa shape index (κ3) is 5.17. The summed E-state index contributed by atoms with van der Waals surface area (Å²) in [5.41, 5.74) is 1.26. The van der Waals surface area contributed by atoms with Crippen molar-refractivity contribution < 1.29 is 19.0 Å². The summed E-state index contributed by atoms with van der Waals surface area (Å²) in [5, 5.41) is 12.4. The number of halogens is 1. The Bertz CT molecular complexity index is 1120. The topological polar surface area (TPSA) is 87.5 Å². The Balaban J connectivity index is 1.78. The summed E-state index contributed by atoms with van der Waals surface area (Å²) in [6.07, 6.45) is 1.75. The highest BCUT2D eigenvalue weighted by Crippen LogP contribution is 2.36. The van der Waals surface area contributed by atoms with Gasteiger partial charge in [-0.05, 0) is 12.1 Å². The predicted octanol–water partition coefficient (Wildman–Crippen LogP) is 4.54. The first kappa shape index (κ1) is 23.5. The van der Waals surface area contributed by atoms with E-state index in [4.69, 9.17) is 25.8 Å². The Kier molecular flexibility index (Phi) is 8.02. The fraction of sp³-hybridized carbons (Fsp3) is 0.227. The minimum Gasteiger partial charge on any atom is -0.496 e. The summed E-state index contributed by atoms with van der Waals surface area (Å²) in [7, 11) is 4.60. The van der Waals surface area contributed by atoms with E-state index >= 15 is 0 Å². The maximum Gasteiger partial charge on any atom is 0.234 e. The van der Waals surface area contributed by atoms with Gasteiger partial charge in [-0.1, -0.05) is 41.6 Å². The van der Waals surface area contributed by atoms with Crippen molar-refractivity contribution >= 4 is 35.0 Å². The molecule has 0 aliphatic carbocycles. The summed E-state index contributed by atoms with van der Waals surface area (Å²) < 4.78 is 17.9. The minimum atomic E-state index is -0.246. The molecule has 1 aromatic heterocycles. The number of nitrogens with one attached hydrogen (secondary N) is 1. The Morgan fingerprint density at radius 1 is 1.12 bits per heavy atom. The predicted molar refractivity (Wildman–Crippen MR) is 126 cm³/mol. The van der Waals surface area contributed by atoms with E-state index in [-0.39, 0.29) is 11.7 Å². The quantitative estimate of drug-likeness (QED) is 0.341. The monoisotopic (exact) mass is 474 g/mol. The van der Waals surface area contributed by atoms with Crippen LogP contribution in [0.15, 0.2) is 54.2 Å². The molecule has 0 spiro atoms. The number of carbonyl (C=O) groups excluding carboxylic acids is 1. The van der Waals surface area contributed by atoms with E-state index in [9.17, 15) is 4.79 Å². The van der Waals surface area contributed by atoms with Gasteiger partial charge in [0.1, 0.15) is 17.2 Å². The lowest BCUT2D eigenvalue weighted by Crippen LogP contribution is -2.15. The zero-order valence-electron chi connectivity index (χ0n) is 17.9. The summed E-state index contributed by atoms with van der Waals surface area (Å²) in [5.74, 6) is 2.04. The number of carbonyl (C=O) groups is 1. The van der Waals surface area contributed by atoms with Gasteiger partial charge < -0.3 is 19.5 Å². The average Bonchev–Trinajstić information content (AvgIpc) is 3.21. The molecular weight excluding hydrogens is 452 g/mol. The van der Waals surface area contributed by atoms with E-state index in [0.29, 0.717) is 45.5 Å². The molecular formula is C22H23ClN4O4S. The molecule has 0 fully saturated rings. The zero-order valence-corrected chi connectivity index (χ0v) is 19.5. The number of aromatic nitrogens is 3. The van der Waals surface area contributed by atoms with Crippen molar-refractivity contribution in [2.75, 3.05) is 32.4 Å². The lowest BCUT2D eigenvalue weighted by molar-refractivity contribution is -0.113. The van der Waals surface area contributed by atoms with Crippen molar-refractivity contribution in [1.82, 2.24) is 14.8 Å². The van der Waals surface area contributed by atoms with E-state index in [1.807, 2.05) is 28.8 Å². The highest BCUT2D eigenvalue weighted by molar-refractivity contribution is 7.99. The number of ether oxygens (including phenoxy) is 3. The number of thioether (sulfide) groups is 1. The van der Waals surface area contributed by atoms with Crippen LogP contribution in [0.25, 0.3) is 11.4 Å². The number of hydrogen-bond donors (Lipinski definition) is 1. The summed E-state index contributed by atoms with van der Waals surface area (Å²) in [4.78, 5) is 12.6. The first-order valence-electron chi connectivity index (χ1n) is 9.54. The van der Waals surface area contributed by atoms with Crippen LogP contribution in [0, 0.1) is 0 Å². The second kappa shape index (κ2) is 10.9. The third-order valence-corrected chi connectivity index (χ3v) is 5.72. The van der Waals surface area contributed by atoms with Crippen LogP contribution in [0.3, 0.4) is 0 Å². The largest absolute Gasteiger partial charge is 0.496 e. The molecule has 2 aromatic carbocycles. The standard InChI is InChI=1S/C22H23ClN4O4S/c1-5-10-27-21(14-8-6-7-9-17(14)29-2)25-26-22(27)32-13-20(28)24-16-12-18(30-3)15(23)11-19(16)31-4/h5-9,11-12H,1,10,13H2,2-4H3,(H,24,28). The molecule has 1 N–H and O–H groups in total. The van der Waals surface area contributed by atoms with Crippen LogP contribution in [-0.4, -0.2) is 47.8 Å². The summed E-state index contributed by atoms with van der Waals surface area (Å²) >= 11 is 7.38. The van der Waals surface area contributed by atoms with Crippen molar-refractivity contribution in [2.45, 2.75) is 11.7 Å². The number of benzene rings is 2. The first-order valence-corrected chi connectivity index (χ1v) is 10.9. The van der Waals surface area contributed by atoms with E-state index in [2.05, 4.69) is 22.1 Å². The van der Waals surface area contributed by atoms with Crippen LogP contribution in [0.2, 0.25) is 5.02 Å². The van der Waals surface area contributed by atoms with Gasteiger partial charge in [-0.3, -0.25) is 9.36 Å². The van der Waals surface area contributed by atoms with Crippen LogP contribution < -0.4 is 19.5 Å². The Labute approximate surface area is 195 Å². The molecule has 10 heteroatoms. The molecule has 1 amide bonds. The molecule has 32 heavy (non-hydrogen) atoms. The van der Waals surface area contributed by atoms with Crippen LogP contribution in [0.5, 0.6) is 17.2 Å². The van der Waals surface area contributed by atoms with Gasteiger partial charge in [0.25, 0.3) is 0 Å². The SMILES string of the molecule is C=CCn1c(SCC(=O)Nc2cc(OC)c(Cl)cc2OC)nnc1-c1ccccc1OC. The second-order valence-corrected chi connectivity index (χ2v) is 7.78. The van der Waals surface area contributed by atoms with Gasteiger partial charge in [-0.2, -0.15) is 0 Å². The maximum absolute atomic E-state index is 12.6. The number of rotatable bonds is 10. The fourth-order valence-electron chi connectivity index (χ4n) is 2.99. The van der Waals surface area contributed by atoms with Gasteiger partial charge in [-0.25, -0.2) is 0 Å². The molecule has 0 aliphatic heterocycles. The third-order valence-electron chi connectivity index (χ3n) is 4.46. The minimum absolute atomic E-state index is 0.106. The highest BCUT2D eigenvalue weighted by atomic mass is 35.5. The number of amides is 1. The van der Waals surface area contributed by atoms with Gasteiger partial charge >= 0.3 is 0 Å². The summed E-state index contributed by atoms with van der Waals surface area (Å²) in [6.45, 7) is 4.29. The normalized spacial score (nSPS) is 10.5. The lowest BCUT2D eigenvalue weighted by Gasteiger charge is -2.13. The number of allylic oxidation sites excluding steroid dienone is 1. The van der Waals surface area contributed by atoms with Gasteiger partial charge in [0.05, 0.1) is 43.4 Å². The molecule has 3 aromatic rings. The Morgan fingerprint density at radius 2 is 1.84 bits per heavy atom. The molecule has 0 saturated carbocycles. The second-order valence-electron chi connectivity index (χ2n) is 6.43. The average molecular weight is 475 g/mol. The van der Waals surface area contributed by atoms with Gasteiger partial charge in [0.15, 0.2) is 11.0 Å². The molecule has 0 bridgehead atoms. The van der Waals surface area contributed by atoms with Crippen LogP contribution in [0.1, 0.15) is 0 Å². The number of hydrogen-bond acceptors (Lipinski definition) is 7.